The van der Waals surface area contributed by atoms with E-state index < -0.39 is 64.3 Å². The molecule has 2 rings (SSSR count). The lowest BCUT2D eigenvalue weighted by atomic mass is 10.0. The van der Waals surface area contributed by atoms with E-state index in [4.69, 9.17) is 4.74 Å². The average Bonchev–Trinajstić information content (AvgIpc) is 2.77. The van der Waals surface area contributed by atoms with Crippen molar-refractivity contribution in [3.63, 3.8) is 0 Å². The minimum atomic E-state index is -2.43. The molecule has 0 saturated heterocycles. The molecule has 0 aliphatic carbocycles. The summed E-state index contributed by atoms with van der Waals surface area (Å²) in [4.78, 5) is 37.8. The van der Waals surface area contributed by atoms with Crippen molar-refractivity contribution in [3.8, 4) is 5.75 Å². The lowest BCUT2D eigenvalue weighted by Gasteiger charge is -2.13. The first-order chi connectivity index (χ1) is 15.0. The van der Waals surface area contributed by atoms with Gasteiger partial charge in [-0.1, -0.05) is 25.1 Å². The zero-order valence-electron chi connectivity index (χ0n) is 16.0. The van der Waals surface area contributed by atoms with Crippen LogP contribution in [0.25, 0.3) is 0 Å². The van der Waals surface area contributed by atoms with Crippen LogP contribution in [-0.4, -0.2) is 30.2 Å². The number of halogens is 5. The third-order valence-electron chi connectivity index (χ3n) is 3.86. The lowest BCUT2D eigenvalue weighted by Crippen LogP contribution is -2.30. The number of ether oxygens (including phenoxy) is 2. The van der Waals surface area contributed by atoms with Gasteiger partial charge in [-0.3, -0.25) is 15.0 Å². The van der Waals surface area contributed by atoms with Gasteiger partial charge in [0.15, 0.2) is 6.61 Å². The Morgan fingerprint density at radius 2 is 1.59 bits per heavy atom. The molecule has 1 unspecified atom stereocenters. The molecule has 0 spiro atoms. The van der Waals surface area contributed by atoms with E-state index in [1.165, 1.54) is 25.1 Å². The fraction of sp³-hybridized carbons (Fsp3) is 0.222. The standard InChI is InChI=1S/C18H13F5N2O7/c1-8(9-4-2-3-5-10(9)25(28)29)6-30-18(27)24-31-7-11(26)32-17-15(22)13(20)12(19)14(21)16(17)23/h2-5,8H,6-7H2,1H3,(H,24,27). The van der Waals surface area contributed by atoms with Gasteiger partial charge in [-0.25, -0.2) is 22.8 Å². The van der Waals surface area contributed by atoms with Gasteiger partial charge in [-0.15, -0.1) is 0 Å². The molecular formula is C18H13F5N2O7. The number of carbonyl (C=O) groups is 2. The molecule has 0 saturated carbocycles. The number of hydroxylamine groups is 1. The maximum Gasteiger partial charge on any atom is 0.431 e. The third kappa shape index (κ3) is 5.66. The number of benzene rings is 2. The van der Waals surface area contributed by atoms with Crippen LogP contribution in [0.4, 0.5) is 32.4 Å². The van der Waals surface area contributed by atoms with E-state index in [-0.39, 0.29) is 17.9 Å². The Morgan fingerprint density at radius 1 is 1.03 bits per heavy atom. The zero-order chi connectivity index (χ0) is 24.0. The van der Waals surface area contributed by atoms with E-state index in [0.29, 0.717) is 0 Å². The molecule has 1 atom stereocenters. The number of para-hydroxylation sites is 1. The van der Waals surface area contributed by atoms with Crippen LogP contribution in [0.15, 0.2) is 24.3 Å². The average molecular weight is 464 g/mol. The van der Waals surface area contributed by atoms with E-state index in [1.54, 1.807) is 11.5 Å². The van der Waals surface area contributed by atoms with E-state index >= 15 is 0 Å². The Kier molecular flexibility index (Phi) is 8.01. The quantitative estimate of drug-likeness (QED) is 0.121. The van der Waals surface area contributed by atoms with E-state index in [2.05, 4.69) is 9.57 Å². The Morgan fingerprint density at radius 3 is 2.19 bits per heavy atom. The number of esters is 1. The first-order valence-electron chi connectivity index (χ1n) is 8.54. The highest BCUT2D eigenvalue weighted by Gasteiger charge is 2.28. The van der Waals surface area contributed by atoms with Crippen molar-refractivity contribution in [1.29, 1.82) is 0 Å². The first-order valence-corrected chi connectivity index (χ1v) is 8.54. The summed E-state index contributed by atoms with van der Waals surface area (Å²) in [5.74, 6) is -15.9. The molecule has 1 amide bonds. The van der Waals surface area contributed by atoms with Gasteiger partial charge in [0.05, 0.1) is 4.92 Å². The number of nitro benzene ring substituents is 1. The number of amides is 1. The van der Waals surface area contributed by atoms with E-state index in [9.17, 15) is 41.7 Å². The predicted molar refractivity (Wildman–Crippen MR) is 93.8 cm³/mol. The summed E-state index contributed by atoms with van der Waals surface area (Å²) in [5, 5.41) is 11.0. The highest BCUT2D eigenvalue weighted by atomic mass is 19.2. The lowest BCUT2D eigenvalue weighted by molar-refractivity contribution is -0.385. The Bertz CT molecular complexity index is 1020. The number of nitro groups is 1. The molecule has 32 heavy (non-hydrogen) atoms. The van der Waals surface area contributed by atoms with E-state index in [0.717, 1.165) is 0 Å². The molecule has 0 aliphatic rings. The molecule has 172 valence electrons. The van der Waals surface area contributed by atoms with Gasteiger partial charge in [0, 0.05) is 17.5 Å². The fourth-order valence-corrected chi connectivity index (χ4v) is 2.36. The van der Waals surface area contributed by atoms with Gasteiger partial charge in [-0.05, 0) is 0 Å². The van der Waals surface area contributed by atoms with Crippen LogP contribution in [0.5, 0.6) is 5.75 Å². The predicted octanol–water partition coefficient (Wildman–Crippen LogP) is 3.66. The summed E-state index contributed by atoms with van der Waals surface area (Å²) in [6, 6.07) is 5.75. The van der Waals surface area contributed by atoms with Gasteiger partial charge < -0.3 is 9.47 Å². The molecule has 0 fully saturated rings. The first kappa shape index (κ1) is 24.5. The van der Waals surface area contributed by atoms with Crippen LogP contribution < -0.4 is 10.2 Å². The summed E-state index contributed by atoms with van der Waals surface area (Å²) in [7, 11) is 0. The zero-order valence-corrected chi connectivity index (χ0v) is 16.0. The second-order valence-electron chi connectivity index (χ2n) is 6.08. The number of hydrogen-bond acceptors (Lipinski definition) is 7. The van der Waals surface area contributed by atoms with Gasteiger partial charge in [0.2, 0.25) is 34.8 Å². The number of nitrogens with one attached hydrogen (secondary N) is 1. The topological polar surface area (TPSA) is 117 Å². The number of carbonyl (C=O) groups excluding carboxylic acids is 2. The maximum absolute atomic E-state index is 13.4. The van der Waals surface area contributed by atoms with Crippen LogP contribution in [0.1, 0.15) is 18.4 Å². The molecule has 2 aromatic rings. The largest absolute Gasteiger partial charge is 0.447 e. The molecule has 0 heterocycles. The number of rotatable bonds is 8. The molecule has 2 aromatic carbocycles. The van der Waals surface area contributed by atoms with Crippen LogP contribution in [0, 0.1) is 39.2 Å². The number of hydrogen-bond donors (Lipinski definition) is 1. The summed E-state index contributed by atoms with van der Waals surface area (Å²) in [6.07, 6.45) is -1.24. The molecule has 14 heteroatoms. The fourth-order valence-electron chi connectivity index (χ4n) is 2.36. The summed E-state index contributed by atoms with van der Waals surface area (Å²) >= 11 is 0. The highest BCUT2D eigenvalue weighted by molar-refractivity contribution is 5.74. The summed E-state index contributed by atoms with van der Waals surface area (Å²) in [6.45, 7) is 0.0290. The minimum Gasteiger partial charge on any atom is -0.447 e. The van der Waals surface area contributed by atoms with Crippen LogP contribution >= 0.6 is 0 Å². The molecular weight excluding hydrogens is 451 g/mol. The molecule has 9 nitrogen and oxygen atoms in total. The summed E-state index contributed by atoms with van der Waals surface area (Å²) < 4.78 is 74.7. The molecule has 0 bridgehead atoms. The Balaban J connectivity index is 1.84. The van der Waals surface area contributed by atoms with E-state index in [1.807, 2.05) is 0 Å². The van der Waals surface area contributed by atoms with Crippen molar-refractivity contribution in [3.05, 3.63) is 69.0 Å². The third-order valence-corrected chi connectivity index (χ3v) is 3.86. The second kappa shape index (κ2) is 10.5. The van der Waals surface area contributed by atoms with Crippen molar-refractivity contribution >= 4 is 17.7 Å². The van der Waals surface area contributed by atoms with Crippen molar-refractivity contribution in [1.82, 2.24) is 5.48 Å². The summed E-state index contributed by atoms with van der Waals surface area (Å²) in [5.41, 5.74) is 1.72. The molecule has 0 aromatic heterocycles. The SMILES string of the molecule is CC(COC(=O)NOCC(=O)Oc1c(F)c(F)c(F)c(F)c1F)c1ccccc1[N+](=O)[O-]. The Labute approximate surface area is 175 Å². The van der Waals surface area contributed by atoms with Crippen molar-refractivity contribution in [2.24, 2.45) is 0 Å². The Hall–Kier alpha value is -3.81. The van der Waals surface area contributed by atoms with Crippen LogP contribution in [0.2, 0.25) is 0 Å². The maximum atomic E-state index is 13.4. The van der Waals surface area contributed by atoms with Gasteiger partial charge in [0.1, 0.15) is 6.61 Å². The molecule has 0 aliphatic heterocycles. The van der Waals surface area contributed by atoms with Gasteiger partial charge >= 0.3 is 12.1 Å². The van der Waals surface area contributed by atoms with Crippen molar-refractivity contribution in [2.75, 3.05) is 13.2 Å². The highest BCUT2D eigenvalue weighted by Crippen LogP contribution is 2.29. The second-order valence-corrected chi connectivity index (χ2v) is 6.08. The van der Waals surface area contributed by atoms with Crippen LogP contribution in [0.3, 0.4) is 0 Å². The number of nitrogens with zero attached hydrogens (tertiary/aromatic N) is 1. The minimum absolute atomic E-state index is 0.184. The van der Waals surface area contributed by atoms with Crippen molar-refractivity contribution < 1.29 is 50.8 Å². The molecule has 0 radical (unpaired) electrons. The van der Waals surface area contributed by atoms with Gasteiger partial charge in [0.25, 0.3) is 5.69 Å². The monoisotopic (exact) mass is 464 g/mol. The van der Waals surface area contributed by atoms with Gasteiger partial charge in [-0.2, -0.15) is 14.3 Å². The van der Waals surface area contributed by atoms with Crippen LogP contribution in [-0.2, 0) is 14.4 Å². The smallest absolute Gasteiger partial charge is 0.431 e. The normalized spacial score (nSPS) is 11.6. The van der Waals surface area contributed by atoms with Crippen molar-refractivity contribution in [2.45, 2.75) is 12.8 Å². The molecule has 1 N–H and O–H groups in total.